The lowest BCUT2D eigenvalue weighted by Gasteiger charge is -2.29. The highest BCUT2D eigenvalue weighted by Crippen LogP contribution is 2.30. The number of amides is 2. The van der Waals surface area contributed by atoms with Gasteiger partial charge in [-0.25, -0.2) is 9.37 Å². The molecule has 0 atom stereocenters. The van der Waals surface area contributed by atoms with E-state index in [-0.39, 0.29) is 28.7 Å². The maximum absolute atomic E-state index is 13.6. The number of H-pyrrole nitrogens is 1. The van der Waals surface area contributed by atoms with Gasteiger partial charge < -0.3 is 24.1 Å². The number of aromatic amines is 1. The number of halogens is 1. The minimum atomic E-state index is -0.702. The number of ether oxygens (including phenoxy) is 1. The first-order valence-corrected chi connectivity index (χ1v) is 11.6. The molecule has 0 aliphatic carbocycles. The summed E-state index contributed by atoms with van der Waals surface area (Å²) in [6.07, 6.45) is 3.12. The Labute approximate surface area is 211 Å². The van der Waals surface area contributed by atoms with Crippen molar-refractivity contribution in [3.8, 4) is 17.3 Å². The Morgan fingerprint density at radius 3 is 2.62 bits per heavy atom. The van der Waals surface area contributed by atoms with E-state index in [2.05, 4.69) is 15.0 Å². The predicted octanol–water partition coefficient (Wildman–Crippen LogP) is 2.81. The van der Waals surface area contributed by atoms with E-state index >= 15 is 0 Å². The number of Topliss-reactive ketones (excluding diaryl/α,β-unsaturated/α-hetero) is 1. The highest BCUT2D eigenvalue weighted by atomic mass is 19.1. The van der Waals surface area contributed by atoms with E-state index in [4.69, 9.17) is 4.74 Å². The van der Waals surface area contributed by atoms with Crippen molar-refractivity contribution < 1.29 is 23.5 Å². The van der Waals surface area contributed by atoms with Crippen molar-refractivity contribution >= 4 is 28.6 Å². The van der Waals surface area contributed by atoms with Crippen LogP contribution in [0.3, 0.4) is 0 Å². The van der Waals surface area contributed by atoms with Gasteiger partial charge in [-0.2, -0.15) is 4.98 Å². The molecule has 10 nitrogen and oxygen atoms in total. The SMILES string of the molecule is COc1nc2[nH]cc(C(=O)C(=O)N(C)C)c2cc1C(=O)N1CCn2c(cnc2-c2ccc(F)cc2C)C1. The molecule has 1 aliphatic rings. The fourth-order valence-corrected chi connectivity index (χ4v) is 4.56. The number of aromatic nitrogens is 4. The molecule has 37 heavy (non-hydrogen) atoms. The van der Waals surface area contributed by atoms with Crippen LogP contribution in [0, 0.1) is 12.7 Å². The normalized spacial score (nSPS) is 12.9. The van der Waals surface area contributed by atoms with E-state index < -0.39 is 11.7 Å². The number of nitrogens with one attached hydrogen (secondary N) is 1. The molecule has 0 spiro atoms. The highest BCUT2D eigenvalue weighted by molar-refractivity contribution is 6.44. The number of rotatable bonds is 5. The van der Waals surface area contributed by atoms with E-state index in [1.807, 2.05) is 11.5 Å². The quantitative estimate of drug-likeness (QED) is 0.330. The third-order valence-electron chi connectivity index (χ3n) is 6.50. The van der Waals surface area contributed by atoms with Gasteiger partial charge in [0.05, 0.1) is 31.1 Å². The number of imidazole rings is 1. The van der Waals surface area contributed by atoms with Crippen LogP contribution in [0.1, 0.15) is 32.0 Å². The molecule has 0 bridgehead atoms. The van der Waals surface area contributed by atoms with E-state index in [9.17, 15) is 18.8 Å². The van der Waals surface area contributed by atoms with Crippen LogP contribution >= 0.6 is 0 Å². The number of fused-ring (bicyclic) bond motifs is 2. The van der Waals surface area contributed by atoms with Crippen molar-refractivity contribution in [2.24, 2.45) is 0 Å². The number of pyridine rings is 1. The van der Waals surface area contributed by atoms with Crippen LogP contribution < -0.4 is 4.74 Å². The van der Waals surface area contributed by atoms with Crippen molar-refractivity contribution in [3.63, 3.8) is 0 Å². The molecule has 2 amide bonds. The molecular weight excluding hydrogens is 479 g/mol. The van der Waals surface area contributed by atoms with Crippen LogP contribution in [-0.2, 0) is 17.9 Å². The van der Waals surface area contributed by atoms with Crippen molar-refractivity contribution in [2.75, 3.05) is 27.7 Å². The predicted molar refractivity (Wildman–Crippen MR) is 133 cm³/mol. The van der Waals surface area contributed by atoms with Crippen molar-refractivity contribution in [1.82, 2.24) is 29.3 Å². The molecule has 1 aliphatic heterocycles. The van der Waals surface area contributed by atoms with Gasteiger partial charge in [0.2, 0.25) is 5.88 Å². The number of carbonyl (C=O) groups excluding carboxylic acids is 3. The number of nitrogens with zero attached hydrogens (tertiary/aromatic N) is 5. The summed E-state index contributed by atoms with van der Waals surface area (Å²) in [6.45, 7) is 3.02. The molecule has 0 fully saturated rings. The number of benzene rings is 1. The van der Waals surface area contributed by atoms with Gasteiger partial charge >= 0.3 is 0 Å². The second kappa shape index (κ2) is 9.16. The molecule has 0 saturated heterocycles. The lowest BCUT2D eigenvalue weighted by molar-refractivity contribution is -0.124. The summed E-state index contributed by atoms with van der Waals surface area (Å²) < 4.78 is 21.0. The smallest absolute Gasteiger partial charge is 0.294 e. The standard InChI is InChI=1S/C26H25FN6O4/c1-14-9-15(27)5-6-17(14)23-29-11-16-13-32(7-8-33(16)23)25(35)19-10-18-20(21(34)26(36)31(2)3)12-28-22(18)30-24(19)37-4/h5-6,9-12H,7-8,13H2,1-4H3,(H,28,30). The Bertz CT molecular complexity index is 1570. The molecule has 5 rings (SSSR count). The Balaban J connectivity index is 1.47. The number of aryl methyl sites for hydroxylation is 1. The highest BCUT2D eigenvalue weighted by Gasteiger charge is 2.29. The minimum Gasteiger partial charge on any atom is -0.480 e. The second-order valence-corrected chi connectivity index (χ2v) is 9.08. The van der Waals surface area contributed by atoms with Crippen LogP contribution in [-0.4, -0.2) is 74.7 Å². The third-order valence-corrected chi connectivity index (χ3v) is 6.50. The van der Waals surface area contributed by atoms with Crippen molar-refractivity contribution in [3.05, 3.63) is 64.9 Å². The van der Waals surface area contributed by atoms with Crippen LogP contribution in [0.25, 0.3) is 22.4 Å². The van der Waals surface area contributed by atoms with Gasteiger partial charge in [-0.05, 0) is 36.8 Å². The molecule has 0 unspecified atom stereocenters. The lowest BCUT2D eigenvalue weighted by Crippen LogP contribution is -2.38. The topological polar surface area (TPSA) is 113 Å². The van der Waals surface area contributed by atoms with E-state index in [0.29, 0.717) is 30.7 Å². The maximum Gasteiger partial charge on any atom is 0.294 e. The van der Waals surface area contributed by atoms with Crippen LogP contribution in [0.2, 0.25) is 0 Å². The summed E-state index contributed by atoms with van der Waals surface area (Å²) in [4.78, 5) is 53.2. The monoisotopic (exact) mass is 504 g/mol. The molecule has 190 valence electrons. The molecule has 4 heterocycles. The van der Waals surface area contributed by atoms with Gasteiger partial charge in [0, 0.05) is 44.3 Å². The molecule has 0 radical (unpaired) electrons. The zero-order chi connectivity index (χ0) is 26.4. The summed E-state index contributed by atoms with van der Waals surface area (Å²) in [6, 6.07) is 6.12. The Hall–Kier alpha value is -4.54. The second-order valence-electron chi connectivity index (χ2n) is 9.08. The molecule has 0 saturated carbocycles. The Kier molecular flexibility index (Phi) is 5.98. The first kappa shape index (κ1) is 24.2. The fourth-order valence-electron chi connectivity index (χ4n) is 4.56. The van der Waals surface area contributed by atoms with E-state index in [1.165, 1.54) is 50.5 Å². The molecular formula is C26H25FN6O4. The molecule has 1 aromatic carbocycles. The summed E-state index contributed by atoms with van der Waals surface area (Å²) in [7, 11) is 4.41. The molecule has 3 aromatic heterocycles. The minimum absolute atomic E-state index is 0.110. The third kappa shape index (κ3) is 4.11. The molecule has 1 N–H and O–H groups in total. The lowest BCUT2D eigenvalue weighted by atomic mass is 10.1. The summed E-state index contributed by atoms with van der Waals surface area (Å²) >= 11 is 0. The summed E-state index contributed by atoms with van der Waals surface area (Å²) in [5, 5.41) is 0.362. The number of hydrogen-bond acceptors (Lipinski definition) is 6. The largest absolute Gasteiger partial charge is 0.480 e. The van der Waals surface area contributed by atoms with Crippen LogP contribution in [0.15, 0.2) is 36.7 Å². The van der Waals surface area contributed by atoms with Gasteiger partial charge in [-0.3, -0.25) is 14.4 Å². The van der Waals surface area contributed by atoms with Gasteiger partial charge in [0.1, 0.15) is 22.9 Å². The number of carbonyl (C=O) groups is 3. The Morgan fingerprint density at radius 2 is 1.92 bits per heavy atom. The summed E-state index contributed by atoms with van der Waals surface area (Å²) in [5.74, 6) is -1.17. The van der Waals surface area contributed by atoms with E-state index in [0.717, 1.165) is 22.6 Å². The first-order chi connectivity index (χ1) is 17.7. The van der Waals surface area contributed by atoms with Crippen molar-refractivity contribution in [1.29, 1.82) is 0 Å². The first-order valence-electron chi connectivity index (χ1n) is 11.6. The van der Waals surface area contributed by atoms with Gasteiger partial charge in [0.25, 0.3) is 17.6 Å². The van der Waals surface area contributed by atoms with Gasteiger partial charge in [0.15, 0.2) is 0 Å². The molecule has 4 aromatic rings. The fraction of sp³-hybridized carbons (Fsp3) is 0.269. The van der Waals surface area contributed by atoms with E-state index in [1.54, 1.807) is 17.2 Å². The Morgan fingerprint density at radius 1 is 1.14 bits per heavy atom. The van der Waals surface area contributed by atoms with Crippen LogP contribution in [0.4, 0.5) is 4.39 Å². The average molecular weight is 505 g/mol. The summed E-state index contributed by atoms with van der Waals surface area (Å²) in [5.41, 5.74) is 3.10. The van der Waals surface area contributed by atoms with Gasteiger partial charge in [-0.15, -0.1) is 0 Å². The average Bonchev–Trinajstić information content (AvgIpc) is 3.50. The number of hydrogen-bond donors (Lipinski definition) is 1. The van der Waals surface area contributed by atoms with Gasteiger partial charge in [-0.1, -0.05) is 0 Å². The zero-order valence-electron chi connectivity index (χ0n) is 20.8. The van der Waals surface area contributed by atoms with Crippen molar-refractivity contribution in [2.45, 2.75) is 20.0 Å². The number of methoxy groups -OCH3 is 1. The number of likely N-dealkylation sites (N-methyl/N-ethyl adjacent to an activating group) is 1. The molecule has 11 heteroatoms. The van der Waals surface area contributed by atoms with Crippen LogP contribution in [0.5, 0.6) is 5.88 Å². The zero-order valence-corrected chi connectivity index (χ0v) is 20.8. The maximum atomic E-state index is 13.6. The number of ketones is 1.